The van der Waals surface area contributed by atoms with Crippen molar-refractivity contribution in [2.24, 2.45) is 11.8 Å². The molecule has 3 rings (SSSR count). The zero-order chi connectivity index (χ0) is 9.00. The summed E-state index contributed by atoms with van der Waals surface area (Å²) in [5, 5.41) is 3.35. The maximum Gasteiger partial charge on any atom is 0.226 e. The van der Waals surface area contributed by atoms with Gasteiger partial charge in [0.05, 0.1) is 0 Å². The van der Waals surface area contributed by atoms with Crippen molar-refractivity contribution in [2.75, 3.05) is 13.1 Å². The van der Waals surface area contributed by atoms with E-state index in [9.17, 15) is 4.79 Å². The minimum atomic E-state index is 0.378. The van der Waals surface area contributed by atoms with Gasteiger partial charge in [0.2, 0.25) is 5.91 Å². The van der Waals surface area contributed by atoms with E-state index in [4.69, 9.17) is 0 Å². The van der Waals surface area contributed by atoms with Crippen LogP contribution in [0.4, 0.5) is 0 Å². The molecule has 0 aromatic carbocycles. The monoisotopic (exact) mass is 180 g/mol. The molecule has 4 atom stereocenters. The fraction of sp³-hybridized carbons (Fsp3) is 0.900. The second kappa shape index (κ2) is 2.47. The normalized spacial score (nSPS) is 47.0. The predicted octanol–water partition coefficient (Wildman–Crippen LogP) is 0.215. The molecule has 2 bridgehead atoms. The first-order chi connectivity index (χ1) is 6.27. The van der Waals surface area contributed by atoms with Crippen molar-refractivity contribution in [1.82, 2.24) is 10.2 Å². The average Bonchev–Trinajstić information content (AvgIpc) is 2.84. The number of rotatable bonds is 1. The molecule has 1 N–H and O–H groups in total. The molecule has 1 amide bonds. The molecule has 2 unspecified atom stereocenters. The lowest BCUT2D eigenvalue weighted by Crippen LogP contribution is -2.69. The van der Waals surface area contributed by atoms with Crippen molar-refractivity contribution in [3.63, 3.8) is 0 Å². The van der Waals surface area contributed by atoms with Crippen LogP contribution in [0.1, 0.15) is 19.8 Å². The maximum atomic E-state index is 11.9. The van der Waals surface area contributed by atoms with E-state index in [0.717, 1.165) is 19.5 Å². The minimum Gasteiger partial charge on any atom is -0.334 e. The van der Waals surface area contributed by atoms with Crippen molar-refractivity contribution in [2.45, 2.75) is 31.8 Å². The predicted molar refractivity (Wildman–Crippen MR) is 49.2 cm³/mol. The Morgan fingerprint density at radius 2 is 1.92 bits per heavy atom. The van der Waals surface area contributed by atoms with Crippen LogP contribution in [0.15, 0.2) is 0 Å². The summed E-state index contributed by atoms with van der Waals surface area (Å²) in [5.41, 5.74) is 0. The lowest BCUT2D eigenvalue weighted by molar-refractivity contribution is -0.149. The number of carbonyl (C=O) groups excluding carboxylic acids is 1. The molecule has 1 aliphatic carbocycles. The van der Waals surface area contributed by atoms with E-state index in [2.05, 4.69) is 17.1 Å². The number of nitrogens with one attached hydrogen (secondary N) is 1. The van der Waals surface area contributed by atoms with Crippen molar-refractivity contribution < 1.29 is 4.79 Å². The Hall–Kier alpha value is -0.570. The number of carbonyl (C=O) groups is 1. The quantitative estimate of drug-likeness (QED) is 0.626. The van der Waals surface area contributed by atoms with Crippen LogP contribution in [0.3, 0.4) is 0 Å². The smallest absolute Gasteiger partial charge is 0.226 e. The lowest BCUT2D eigenvalue weighted by Gasteiger charge is -2.53. The Morgan fingerprint density at radius 3 is 2.38 bits per heavy atom. The third-order valence-corrected chi connectivity index (χ3v) is 3.77. The van der Waals surface area contributed by atoms with Crippen LogP contribution < -0.4 is 5.32 Å². The first-order valence-corrected chi connectivity index (χ1v) is 5.30. The summed E-state index contributed by atoms with van der Waals surface area (Å²) in [5.74, 6) is 1.47. The van der Waals surface area contributed by atoms with E-state index in [1.54, 1.807) is 0 Å². The highest BCUT2D eigenvalue weighted by molar-refractivity contribution is 5.83. The van der Waals surface area contributed by atoms with Crippen LogP contribution >= 0.6 is 0 Å². The largest absolute Gasteiger partial charge is 0.334 e. The van der Waals surface area contributed by atoms with Crippen LogP contribution in [0, 0.1) is 11.8 Å². The molecule has 2 aliphatic heterocycles. The summed E-state index contributed by atoms with van der Waals surface area (Å²) in [6.45, 7) is 4.21. The Morgan fingerprint density at radius 1 is 1.31 bits per heavy atom. The van der Waals surface area contributed by atoms with Gasteiger partial charge in [0.15, 0.2) is 0 Å². The van der Waals surface area contributed by atoms with Gasteiger partial charge in [0.1, 0.15) is 0 Å². The fourth-order valence-corrected chi connectivity index (χ4v) is 2.70. The van der Waals surface area contributed by atoms with Crippen molar-refractivity contribution in [3.8, 4) is 0 Å². The van der Waals surface area contributed by atoms with Crippen LogP contribution in [0.5, 0.6) is 0 Å². The van der Waals surface area contributed by atoms with Crippen molar-refractivity contribution in [1.29, 1.82) is 0 Å². The van der Waals surface area contributed by atoms with Crippen LogP contribution in [0.2, 0.25) is 0 Å². The van der Waals surface area contributed by atoms with Gasteiger partial charge < -0.3 is 10.2 Å². The molecule has 0 aromatic rings. The number of fused-ring (bicyclic) bond motifs is 2. The van der Waals surface area contributed by atoms with E-state index in [1.165, 1.54) is 6.42 Å². The summed E-state index contributed by atoms with van der Waals surface area (Å²) >= 11 is 0. The van der Waals surface area contributed by atoms with Gasteiger partial charge in [-0.3, -0.25) is 4.79 Å². The number of piperidine rings is 1. The van der Waals surface area contributed by atoms with Crippen molar-refractivity contribution >= 4 is 5.91 Å². The van der Waals surface area contributed by atoms with Gasteiger partial charge in [-0.25, -0.2) is 0 Å². The highest BCUT2D eigenvalue weighted by Crippen LogP contribution is 2.42. The molecular weight excluding hydrogens is 164 g/mol. The van der Waals surface area contributed by atoms with Gasteiger partial charge in [-0.05, 0) is 18.8 Å². The highest BCUT2D eigenvalue weighted by Gasteiger charge is 2.50. The molecule has 0 spiro atoms. The first-order valence-electron chi connectivity index (χ1n) is 5.30. The van der Waals surface area contributed by atoms with Gasteiger partial charge in [-0.1, -0.05) is 6.92 Å². The molecule has 13 heavy (non-hydrogen) atoms. The summed E-state index contributed by atoms with van der Waals surface area (Å²) in [6.07, 6.45) is 2.36. The van der Waals surface area contributed by atoms with Crippen LogP contribution in [-0.2, 0) is 4.79 Å². The third-order valence-electron chi connectivity index (χ3n) is 3.77. The van der Waals surface area contributed by atoms with Gasteiger partial charge in [-0.15, -0.1) is 0 Å². The minimum absolute atomic E-state index is 0.378. The zero-order valence-corrected chi connectivity index (χ0v) is 7.99. The molecule has 0 radical (unpaired) electrons. The van der Waals surface area contributed by atoms with Crippen LogP contribution in [-0.4, -0.2) is 36.0 Å². The number of piperazine rings is 1. The molecule has 2 saturated heterocycles. The Kier molecular flexibility index (Phi) is 1.48. The van der Waals surface area contributed by atoms with Crippen molar-refractivity contribution in [3.05, 3.63) is 0 Å². The highest BCUT2D eigenvalue weighted by atomic mass is 16.2. The fourth-order valence-electron chi connectivity index (χ4n) is 2.70. The number of amides is 1. The standard InChI is InChI=1S/C10H16N2O/c1-6-2-9(6)10(13)12-7-3-8(12)5-11-4-7/h6-9,11H,2-5H2,1H3/t6-,7?,8?,9-/m0/s1. The number of hydrogen-bond donors (Lipinski definition) is 1. The van der Waals surface area contributed by atoms with E-state index < -0.39 is 0 Å². The van der Waals surface area contributed by atoms with Gasteiger partial charge >= 0.3 is 0 Å². The molecule has 3 aliphatic rings. The van der Waals surface area contributed by atoms with Crippen LogP contribution in [0.25, 0.3) is 0 Å². The van der Waals surface area contributed by atoms with E-state index in [0.29, 0.717) is 29.8 Å². The van der Waals surface area contributed by atoms with Gasteiger partial charge in [-0.2, -0.15) is 0 Å². The molecular formula is C10H16N2O. The molecule has 3 nitrogen and oxygen atoms in total. The second-order valence-electron chi connectivity index (χ2n) is 4.77. The Balaban J connectivity index is 1.69. The average molecular weight is 180 g/mol. The summed E-state index contributed by atoms with van der Waals surface area (Å²) in [7, 11) is 0. The Bertz CT molecular complexity index is 239. The number of hydrogen-bond acceptors (Lipinski definition) is 2. The SMILES string of the molecule is C[C@H]1C[C@@H]1C(=O)N1C2CNCC1C2. The second-order valence-corrected chi connectivity index (χ2v) is 4.77. The summed E-state index contributed by atoms with van der Waals surface area (Å²) < 4.78 is 0. The number of nitrogens with zero attached hydrogens (tertiary/aromatic N) is 1. The van der Waals surface area contributed by atoms with E-state index in [-0.39, 0.29) is 0 Å². The molecule has 0 aromatic heterocycles. The molecule has 1 saturated carbocycles. The Labute approximate surface area is 78.5 Å². The first kappa shape index (κ1) is 7.80. The lowest BCUT2D eigenvalue weighted by atomic mass is 9.88. The summed E-state index contributed by atoms with van der Waals surface area (Å²) in [6, 6.07) is 1.05. The molecule has 3 fully saturated rings. The van der Waals surface area contributed by atoms with E-state index >= 15 is 0 Å². The zero-order valence-electron chi connectivity index (χ0n) is 7.99. The van der Waals surface area contributed by atoms with Gasteiger partial charge in [0.25, 0.3) is 0 Å². The topological polar surface area (TPSA) is 32.3 Å². The third kappa shape index (κ3) is 1.03. The molecule has 2 heterocycles. The van der Waals surface area contributed by atoms with Gasteiger partial charge in [0, 0.05) is 31.1 Å². The van der Waals surface area contributed by atoms with E-state index in [1.807, 2.05) is 0 Å². The summed E-state index contributed by atoms with van der Waals surface area (Å²) in [4.78, 5) is 14.1. The molecule has 72 valence electrons. The molecule has 3 heteroatoms. The maximum absolute atomic E-state index is 11.9.